The van der Waals surface area contributed by atoms with Crippen LogP contribution in [0.15, 0.2) is 23.0 Å². The van der Waals surface area contributed by atoms with Crippen molar-refractivity contribution in [3.05, 3.63) is 50.8 Å². The topological polar surface area (TPSA) is 164 Å². The Kier molecular flexibility index (Phi) is 6.05. The summed E-state index contributed by atoms with van der Waals surface area (Å²) in [5.74, 6) is 0.114. The van der Waals surface area contributed by atoms with Gasteiger partial charge in [0.2, 0.25) is 12.7 Å². The van der Waals surface area contributed by atoms with Gasteiger partial charge in [-0.2, -0.15) is 0 Å². The molecular weight excluding hydrogens is 508 g/mol. The van der Waals surface area contributed by atoms with Crippen molar-refractivity contribution in [3.8, 4) is 22.9 Å². The lowest BCUT2D eigenvalue weighted by molar-refractivity contribution is -0.157. The summed E-state index contributed by atoms with van der Waals surface area (Å²) in [6.45, 7) is 4.58. The molecule has 3 aliphatic heterocycles. The van der Waals surface area contributed by atoms with E-state index in [0.717, 1.165) is 16.5 Å². The van der Waals surface area contributed by atoms with Crippen LogP contribution in [0.2, 0.25) is 0 Å². The Morgan fingerprint density at radius 2 is 1.97 bits per heavy atom. The smallest absolute Gasteiger partial charge is 0.340 e. The van der Waals surface area contributed by atoms with E-state index in [1.807, 2.05) is 12.1 Å². The Morgan fingerprint density at radius 3 is 2.74 bits per heavy atom. The number of hydrogen-bond acceptors (Lipinski definition) is 10. The van der Waals surface area contributed by atoms with Gasteiger partial charge in [0.25, 0.3) is 5.56 Å². The Morgan fingerprint density at radius 1 is 1.21 bits per heavy atom. The van der Waals surface area contributed by atoms with Crippen molar-refractivity contribution >= 4 is 22.8 Å². The summed E-state index contributed by atoms with van der Waals surface area (Å²) in [6.07, 6.45) is -0.966. The molecule has 12 heteroatoms. The van der Waals surface area contributed by atoms with E-state index in [1.165, 1.54) is 0 Å². The lowest BCUT2D eigenvalue weighted by Gasteiger charge is -2.26. The minimum Gasteiger partial charge on any atom is -0.458 e. The maximum atomic E-state index is 13.5. The molecule has 0 unspecified atom stereocenters. The molecule has 5 heterocycles. The van der Waals surface area contributed by atoms with Gasteiger partial charge in [-0.3, -0.25) is 9.59 Å². The van der Waals surface area contributed by atoms with E-state index in [-0.39, 0.29) is 61.2 Å². The molecule has 4 N–H and O–H groups in total. The molecule has 6 rings (SSSR count). The molecule has 1 atom stereocenters. The lowest BCUT2D eigenvalue weighted by atomic mass is 9.83. The van der Waals surface area contributed by atoms with Gasteiger partial charge in [0.15, 0.2) is 17.6 Å². The Balaban J connectivity index is 1.44. The van der Waals surface area contributed by atoms with Crippen LogP contribution >= 0.6 is 0 Å². The summed E-state index contributed by atoms with van der Waals surface area (Å²) in [5.41, 5.74) is 8.79. The number of rotatable bonds is 7. The molecule has 0 saturated heterocycles. The van der Waals surface area contributed by atoms with Crippen LogP contribution in [0, 0.1) is 5.41 Å². The number of amides is 1. The molecule has 204 valence electrons. The van der Waals surface area contributed by atoms with Crippen molar-refractivity contribution in [3.63, 3.8) is 0 Å². The molecule has 0 fully saturated rings. The van der Waals surface area contributed by atoms with E-state index in [4.69, 9.17) is 29.7 Å². The van der Waals surface area contributed by atoms with E-state index in [9.17, 15) is 19.5 Å². The number of esters is 1. The van der Waals surface area contributed by atoms with E-state index in [2.05, 4.69) is 19.2 Å². The average molecular weight is 537 g/mol. The quantitative estimate of drug-likeness (QED) is 0.175. The van der Waals surface area contributed by atoms with E-state index >= 15 is 0 Å². The van der Waals surface area contributed by atoms with Gasteiger partial charge in [0.1, 0.15) is 13.3 Å². The monoisotopic (exact) mass is 536 g/mol. The number of benzene rings is 1. The molecular formula is C27H28N4O8. The number of ether oxygens (including phenoxy) is 4. The van der Waals surface area contributed by atoms with Gasteiger partial charge in [-0.25, -0.2) is 9.78 Å². The third kappa shape index (κ3) is 4.30. The summed E-state index contributed by atoms with van der Waals surface area (Å²) < 4.78 is 23.6. The summed E-state index contributed by atoms with van der Waals surface area (Å²) in [7, 11) is 0. The first kappa shape index (κ1) is 25.3. The molecule has 39 heavy (non-hydrogen) atoms. The Labute approximate surface area is 222 Å². The highest BCUT2D eigenvalue weighted by atomic mass is 16.7. The van der Waals surface area contributed by atoms with E-state index in [1.54, 1.807) is 10.6 Å². The van der Waals surface area contributed by atoms with Crippen LogP contribution in [0.4, 0.5) is 0 Å². The highest BCUT2D eigenvalue weighted by molar-refractivity contribution is 5.91. The molecule has 0 bridgehead atoms. The maximum Gasteiger partial charge on any atom is 0.340 e. The third-order valence-corrected chi connectivity index (χ3v) is 7.27. The van der Waals surface area contributed by atoms with Gasteiger partial charge < -0.3 is 39.7 Å². The van der Waals surface area contributed by atoms with Gasteiger partial charge in [-0.15, -0.1) is 0 Å². The van der Waals surface area contributed by atoms with Crippen LogP contribution in [-0.4, -0.2) is 53.2 Å². The first-order valence-electron chi connectivity index (χ1n) is 12.6. The third-order valence-electron chi connectivity index (χ3n) is 7.27. The number of cyclic esters (lactones) is 1. The molecule has 12 nitrogen and oxygen atoms in total. The van der Waals surface area contributed by atoms with E-state index < -0.39 is 12.1 Å². The van der Waals surface area contributed by atoms with Crippen molar-refractivity contribution in [2.24, 2.45) is 11.1 Å². The summed E-state index contributed by atoms with van der Waals surface area (Å²) in [6, 6.07) is 5.39. The number of nitrogens with zero attached hydrogens (tertiary/aromatic N) is 2. The second kappa shape index (κ2) is 9.33. The number of hydrogen-bond donors (Lipinski definition) is 3. The van der Waals surface area contributed by atoms with Crippen molar-refractivity contribution < 1.29 is 33.6 Å². The fraction of sp³-hybridized carbons (Fsp3) is 0.407. The predicted molar refractivity (Wildman–Crippen MR) is 137 cm³/mol. The standard InChI is InChI=1S/C27H28N4O8/c1-27(2,10-36-11-29-22(32)7-28)6-15-13-4-20-21(39-12-38-20)5-18(13)30-23-16(15)8-31-19(23)3-14-17(25(31)34)9-37-26(35)24(14)33/h3-5,24,33H,6-12,28H2,1-2H3,(H,29,32)/t24-/m0/s1. The van der Waals surface area contributed by atoms with Crippen molar-refractivity contribution in [1.29, 1.82) is 0 Å². The number of aliphatic hydroxyl groups excluding tert-OH is 1. The summed E-state index contributed by atoms with van der Waals surface area (Å²) in [4.78, 5) is 41.8. The molecule has 0 spiro atoms. The molecule has 0 saturated carbocycles. The number of nitrogens with two attached hydrogens (primary N) is 1. The highest BCUT2D eigenvalue weighted by Gasteiger charge is 2.36. The van der Waals surface area contributed by atoms with Gasteiger partial charge in [-0.1, -0.05) is 13.8 Å². The second-order valence-corrected chi connectivity index (χ2v) is 10.6. The minimum absolute atomic E-state index is 0.0445. The number of aliphatic hydroxyl groups is 1. The Bertz CT molecular complexity index is 1600. The number of fused-ring (bicyclic) bond motifs is 6. The maximum absolute atomic E-state index is 13.5. The second-order valence-electron chi connectivity index (χ2n) is 10.6. The van der Waals surface area contributed by atoms with Crippen LogP contribution in [0.5, 0.6) is 11.5 Å². The van der Waals surface area contributed by atoms with Crippen LogP contribution < -0.4 is 26.1 Å². The van der Waals surface area contributed by atoms with Gasteiger partial charge >= 0.3 is 5.97 Å². The number of carbonyl (C=O) groups excluding carboxylic acids is 2. The normalized spacial score (nSPS) is 17.0. The zero-order valence-electron chi connectivity index (χ0n) is 21.5. The molecule has 0 radical (unpaired) electrons. The fourth-order valence-corrected chi connectivity index (χ4v) is 5.36. The fourth-order valence-electron chi connectivity index (χ4n) is 5.36. The summed E-state index contributed by atoms with van der Waals surface area (Å²) in [5, 5.41) is 13.9. The largest absolute Gasteiger partial charge is 0.458 e. The van der Waals surface area contributed by atoms with Crippen LogP contribution in [0.1, 0.15) is 42.2 Å². The summed E-state index contributed by atoms with van der Waals surface area (Å²) >= 11 is 0. The van der Waals surface area contributed by atoms with Crippen LogP contribution in [0.3, 0.4) is 0 Å². The first-order valence-corrected chi connectivity index (χ1v) is 12.6. The van der Waals surface area contributed by atoms with Crippen molar-refractivity contribution in [2.45, 2.75) is 39.5 Å². The molecule has 1 amide bonds. The van der Waals surface area contributed by atoms with Crippen LogP contribution in [-0.2, 0) is 38.6 Å². The SMILES string of the molecule is CC(C)(COCNC(=O)CN)Cc1c2c(nc3cc4c(cc13)OCO4)-c1cc3c(c(=O)n1C2)COC(=O)[C@H]3O. The molecule has 2 aromatic heterocycles. The molecule has 1 aromatic carbocycles. The van der Waals surface area contributed by atoms with Gasteiger partial charge in [0.05, 0.1) is 42.2 Å². The number of pyridine rings is 2. The highest BCUT2D eigenvalue weighted by Crippen LogP contribution is 2.43. The van der Waals surface area contributed by atoms with Gasteiger partial charge in [0, 0.05) is 22.6 Å². The van der Waals surface area contributed by atoms with Crippen molar-refractivity contribution in [1.82, 2.24) is 14.9 Å². The first-order chi connectivity index (χ1) is 18.7. The molecule has 3 aromatic rings. The van der Waals surface area contributed by atoms with Gasteiger partial charge in [-0.05, 0) is 29.5 Å². The van der Waals surface area contributed by atoms with Crippen LogP contribution in [0.25, 0.3) is 22.3 Å². The van der Waals surface area contributed by atoms with E-state index in [0.29, 0.717) is 41.4 Å². The average Bonchev–Trinajstić information content (AvgIpc) is 3.52. The molecule has 0 aliphatic carbocycles. The number of carbonyl (C=O) groups is 2. The predicted octanol–water partition coefficient (Wildman–Crippen LogP) is 0.862. The Hall–Kier alpha value is -4.00. The zero-order valence-corrected chi connectivity index (χ0v) is 21.5. The number of aromatic nitrogens is 2. The molecule has 3 aliphatic rings. The van der Waals surface area contributed by atoms with Crippen molar-refractivity contribution in [2.75, 3.05) is 26.7 Å². The minimum atomic E-state index is -1.53. The lowest BCUT2D eigenvalue weighted by Crippen LogP contribution is -2.34. The zero-order chi connectivity index (χ0) is 27.5. The number of nitrogens with one attached hydrogen (secondary N) is 1.